The molecule has 0 unspecified atom stereocenters. The first-order valence-electron chi connectivity index (χ1n) is 5.06. The predicted molar refractivity (Wildman–Crippen MR) is 61.0 cm³/mol. The van der Waals surface area contributed by atoms with E-state index in [1.54, 1.807) is 11.1 Å². The average molecular weight is 224 g/mol. The molecule has 0 aliphatic carbocycles. The summed E-state index contributed by atoms with van der Waals surface area (Å²) in [5.74, 6) is 0.687. The smallest absolute Gasteiger partial charge is 0.325 e. The monoisotopic (exact) mass is 224 g/mol. The van der Waals surface area contributed by atoms with Gasteiger partial charge in [0.25, 0.3) is 0 Å². The summed E-state index contributed by atoms with van der Waals surface area (Å²) in [6, 6.07) is 0. The minimum Gasteiger partial charge on any atom is -0.468 e. The molecule has 6 nitrogen and oxygen atoms in total. The number of nitrogen functional groups attached to an aromatic ring is 1. The highest BCUT2D eigenvalue weighted by Crippen LogP contribution is 2.10. The Hall–Kier alpha value is -1.85. The van der Waals surface area contributed by atoms with Crippen LogP contribution in [0.1, 0.15) is 13.3 Å². The zero-order valence-electron chi connectivity index (χ0n) is 9.51. The summed E-state index contributed by atoms with van der Waals surface area (Å²) in [5, 5.41) is 0. The van der Waals surface area contributed by atoms with E-state index in [2.05, 4.69) is 14.7 Å². The van der Waals surface area contributed by atoms with Crippen LogP contribution < -0.4 is 10.6 Å². The molecule has 1 aromatic heterocycles. The molecule has 0 aromatic carbocycles. The molecule has 0 bridgehead atoms. The maximum absolute atomic E-state index is 11.2. The summed E-state index contributed by atoms with van der Waals surface area (Å²) in [6.45, 7) is 2.91. The van der Waals surface area contributed by atoms with Gasteiger partial charge in [0, 0.05) is 6.54 Å². The van der Waals surface area contributed by atoms with Crippen molar-refractivity contribution in [3.63, 3.8) is 0 Å². The van der Waals surface area contributed by atoms with Crippen LogP contribution in [0, 0.1) is 0 Å². The van der Waals surface area contributed by atoms with Crippen molar-refractivity contribution in [2.45, 2.75) is 13.3 Å². The van der Waals surface area contributed by atoms with E-state index in [9.17, 15) is 4.79 Å². The van der Waals surface area contributed by atoms with Crippen LogP contribution in [0.2, 0.25) is 0 Å². The Bertz CT molecular complexity index is 339. The molecule has 1 rings (SSSR count). The molecule has 6 heteroatoms. The van der Waals surface area contributed by atoms with Gasteiger partial charge in [0.05, 0.1) is 19.5 Å². The standard InChI is InChI=1S/C10H16N4O2/c1-3-4-14(7-10(15)16-2)9-6-12-8(11)5-13-9/h5-6H,3-4,7H2,1-2H3,(H2,11,12). The van der Waals surface area contributed by atoms with Crippen molar-refractivity contribution in [3.05, 3.63) is 12.4 Å². The van der Waals surface area contributed by atoms with Crippen LogP contribution in [0.4, 0.5) is 11.6 Å². The van der Waals surface area contributed by atoms with Crippen molar-refractivity contribution in [3.8, 4) is 0 Å². The Morgan fingerprint density at radius 1 is 1.50 bits per heavy atom. The lowest BCUT2D eigenvalue weighted by Gasteiger charge is -2.21. The summed E-state index contributed by atoms with van der Waals surface area (Å²) < 4.78 is 4.62. The minimum atomic E-state index is -0.299. The number of hydrogen-bond donors (Lipinski definition) is 1. The van der Waals surface area contributed by atoms with Gasteiger partial charge in [0.2, 0.25) is 0 Å². The molecular formula is C10H16N4O2. The van der Waals surface area contributed by atoms with Gasteiger partial charge >= 0.3 is 5.97 Å². The number of nitrogens with two attached hydrogens (primary N) is 1. The highest BCUT2D eigenvalue weighted by molar-refractivity contribution is 5.75. The van der Waals surface area contributed by atoms with E-state index in [-0.39, 0.29) is 12.5 Å². The lowest BCUT2D eigenvalue weighted by molar-refractivity contribution is -0.138. The number of carbonyl (C=O) groups excluding carboxylic acids is 1. The van der Waals surface area contributed by atoms with E-state index < -0.39 is 0 Å². The van der Waals surface area contributed by atoms with Crippen molar-refractivity contribution in [2.24, 2.45) is 0 Å². The largest absolute Gasteiger partial charge is 0.468 e. The number of hydrogen-bond acceptors (Lipinski definition) is 6. The molecule has 0 spiro atoms. The molecule has 0 saturated heterocycles. The fourth-order valence-corrected chi connectivity index (χ4v) is 1.26. The van der Waals surface area contributed by atoms with Crippen molar-refractivity contribution >= 4 is 17.6 Å². The average Bonchev–Trinajstić information content (AvgIpc) is 2.29. The van der Waals surface area contributed by atoms with Crippen molar-refractivity contribution < 1.29 is 9.53 Å². The second kappa shape index (κ2) is 5.89. The molecule has 0 amide bonds. The van der Waals surface area contributed by atoms with Crippen LogP contribution in [0.3, 0.4) is 0 Å². The van der Waals surface area contributed by atoms with Gasteiger partial charge in [0.1, 0.15) is 18.2 Å². The maximum Gasteiger partial charge on any atom is 0.325 e. The Morgan fingerprint density at radius 2 is 2.25 bits per heavy atom. The number of rotatable bonds is 5. The molecule has 2 N–H and O–H groups in total. The van der Waals surface area contributed by atoms with Crippen molar-refractivity contribution in [1.29, 1.82) is 0 Å². The Balaban J connectivity index is 2.76. The fraction of sp³-hybridized carbons (Fsp3) is 0.500. The van der Waals surface area contributed by atoms with E-state index in [0.29, 0.717) is 18.2 Å². The Labute approximate surface area is 94.4 Å². The van der Waals surface area contributed by atoms with Crippen molar-refractivity contribution in [2.75, 3.05) is 30.8 Å². The minimum absolute atomic E-state index is 0.170. The fourth-order valence-electron chi connectivity index (χ4n) is 1.26. The number of carbonyl (C=O) groups is 1. The van der Waals surface area contributed by atoms with Crippen LogP contribution in [0.25, 0.3) is 0 Å². The third kappa shape index (κ3) is 3.38. The van der Waals surface area contributed by atoms with Crippen molar-refractivity contribution in [1.82, 2.24) is 9.97 Å². The van der Waals surface area contributed by atoms with Crippen LogP contribution in [0.15, 0.2) is 12.4 Å². The zero-order chi connectivity index (χ0) is 12.0. The zero-order valence-corrected chi connectivity index (χ0v) is 9.51. The molecule has 16 heavy (non-hydrogen) atoms. The van der Waals surface area contributed by atoms with E-state index >= 15 is 0 Å². The van der Waals surface area contributed by atoms with Crippen LogP contribution in [-0.4, -0.2) is 36.1 Å². The molecule has 1 aromatic rings. The number of nitrogens with zero attached hydrogens (tertiary/aromatic N) is 3. The molecule has 0 radical (unpaired) electrons. The topological polar surface area (TPSA) is 81.3 Å². The second-order valence-corrected chi connectivity index (χ2v) is 3.30. The van der Waals surface area contributed by atoms with Gasteiger partial charge in [0.15, 0.2) is 0 Å². The van der Waals surface area contributed by atoms with Gasteiger partial charge in [-0.05, 0) is 6.42 Å². The number of aromatic nitrogens is 2. The summed E-state index contributed by atoms with van der Waals surface area (Å²) in [4.78, 5) is 21.1. The highest BCUT2D eigenvalue weighted by atomic mass is 16.5. The van der Waals surface area contributed by atoms with Gasteiger partial charge in [-0.15, -0.1) is 0 Å². The lowest BCUT2D eigenvalue weighted by atomic mass is 10.4. The summed E-state index contributed by atoms with van der Waals surface area (Å²) in [6.07, 6.45) is 3.92. The van der Waals surface area contributed by atoms with E-state index in [0.717, 1.165) is 6.42 Å². The number of ether oxygens (including phenoxy) is 1. The first kappa shape index (κ1) is 12.2. The van der Waals surface area contributed by atoms with E-state index in [1.165, 1.54) is 13.3 Å². The first-order valence-corrected chi connectivity index (χ1v) is 5.06. The van der Waals surface area contributed by atoms with E-state index in [1.807, 2.05) is 6.92 Å². The molecule has 0 fully saturated rings. The third-order valence-corrected chi connectivity index (χ3v) is 2.02. The van der Waals surface area contributed by atoms with E-state index in [4.69, 9.17) is 5.73 Å². The van der Waals surface area contributed by atoms with Gasteiger partial charge in [-0.3, -0.25) is 4.79 Å². The van der Waals surface area contributed by atoms with Gasteiger partial charge in [-0.25, -0.2) is 9.97 Å². The molecule has 0 aliphatic heterocycles. The van der Waals surface area contributed by atoms with Crippen LogP contribution in [0.5, 0.6) is 0 Å². The molecule has 0 aliphatic rings. The lowest BCUT2D eigenvalue weighted by Crippen LogP contribution is -2.32. The second-order valence-electron chi connectivity index (χ2n) is 3.30. The number of anilines is 2. The maximum atomic E-state index is 11.2. The number of methoxy groups -OCH3 is 1. The first-order chi connectivity index (χ1) is 7.67. The van der Waals surface area contributed by atoms with Gasteiger partial charge < -0.3 is 15.4 Å². The summed E-state index contributed by atoms with van der Waals surface area (Å²) >= 11 is 0. The highest BCUT2D eigenvalue weighted by Gasteiger charge is 2.12. The quantitative estimate of drug-likeness (QED) is 0.731. The molecule has 88 valence electrons. The molecule has 0 saturated carbocycles. The van der Waals surface area contributed by atoms with Gasteiger partial charge in [-0.2, -0.15) is 0 Å². The van der Waals surface area contributed by atoms with Crippen LogP contribution in [-0.2, 0) is 9.53 Å². The SMILES string of the molecule is CCCN(CC(=O)OC)c1cnc(N)cn1. The summed E-state index contributed by atoms with van der Waals surface area (Å²) in [7, 11) is 1.36. The Kier molecular flexibility index (Phi) is 4.50. The molecule has 1 heterocycles. The molecule has 0 atom stereocenters. The normalized spacial score (nSPS) is 9.88. The molecular weight excluding hydrogens is 208 g/mol. The predicted octanol–water partition coefficient (Wildman–Crippen LogP) is 0.448. The Morgan fingerprint density at radius 3 is 2.75 bits per heavy atom. The van der Waals surface area contributed by atoms with Crippen LogP contribution >= 0.6 is 0 Å². The van der Waals surface area contributed by atoms with Gasteiger partial charge in [-0.1, -0.05) is 6.92 Å². The summed E-state index contributed by atoms with van der Waals surface area (Å²) in [5.41, 5.74) is 5.44. The number of esters is 1. The third-order valence-electron chi connectivity index (χ3n) is 2.02.